The van der Waals surface area contributed by atoms with Crippen molar-refractivity contribution in [3.8, 4) is 0 Å². The van der Waals surface area contributed by atoms with Crippen LogP contribution in [-0.4, -0.2) is 44.8 Å². The SMILES string of the molecule is Nc1nc(N)c2ncn(C[C@@H]3CCCN3S(=O)(=O)c3cc(Cl)ccc3Cl)c2n1. The minimum Gasteiger partial charge on any atom is -0.382 e. The smallest absolute Gasteiger partial charge is 0.244 e. The molecule has 1 fully saturated rings. The van der Waals surface area contributed by atoms with Crippen LogP contribution < -0.4 is 11.5 Å². The minimum absolute atomic E-state index is 0.000121. The summed E-state index contributed by atoms with van der Waals surface area (Å²) >= 11 is 12.1. The number of sulfonamides is 1. The number of hydrogen-bond donors (Lipinski definition) is 2. The fraction of sp³-hybridized carbons (Fsp3) is 0.312. The van der Waals surface area contributed by atoms with Crippen LogP contribution >= 0.6 is 23.2 Å². The Labute approximate surface area is 171 Å². The first-order valence-corrected chi connectivity index (χ1v) is 10.7. The average molecular weight is 442 g/mol. The van der Waals surface area contributed by atoms with Gasteiger partial charge in [-0.05, 0) is 31.0 Å². The number of anilines is 2. The maximum Gasteiger partial charge on any atom is 0.244 e. The molecule has 1 aromatic carbocycles. The molecule has 4 rings (SSSR count). The van der Waals surface area contributed by atoms with Crippen LogP contribution in [-0.2, 0) is 16.6 Å². The van der Waals surface area contributed by atoms with Crippen LogP contribution in [0.25, 0.3) is 11.2 Å². The number of benzene rings is 1. The van der Waals surface area contributed by atoms with Crippen molar-refractivity contribution in [1.82, 2.24) is 23.8 Å². The van der Waals surface area contributed by atoms with Crippen LogP contribution in [0.1, 0.15) is 12.8 Å². The Morgan fingerprint density at radius 3 is 2.79 bits per heavy atom. The van der Waals surface area contributed by atoms with Crippen molar-refractivity contribution >= 4 is 56.2 Å². The molecule has 9 nitrogen and oxygen atoms in total. The predicted molar refractivity (Wildman–Crippen MR) is 108 cm³/mol. The quantitative estimate of drug-likeness (QED) is 0.633. The van der Waals surface area contributed by atoms with Crippen LogP contribution in [0.15, 0.2) is 29.4 Å². The number of rotatable bonds is 4. The van der Waals surface area contributed by atoms with Crippen LogP contribution in [0.4, 0.5) is 11.8 Å². The molecule has 1 atom stereocenters. The zero-order valence-corrected chi connectivity index (χ0v) is 16.9. The van der Waals surface area contributed by atoms with E-state index in [-0.39, 0.29) is 27.7 Å². The van der Waals surface area contributed by atoms with Crippen molar-refractivity contribution < 1.29 is 8.42 Å². The largest absolute Gasteiger partial charge is 0.382 e. The summed E-state index contributed by atoms with van der Waals surface area (Å²) in [5.74, 6) is 0.219. The van der Waals surface area contributed by atoms with E-state index in [1.165, 1.54) is 16.4 Å². The first kappa shape index (κ1) is 19.2. The maximum atomic E-state index is 13.2. The molecular formula is C16H17Cl2N7O2S. The van der Waals surface area contributed by atoms with Gasteiger partial charge in [-0.3, -0.25) is 0 Å². The van der Waals surface area contributed by atoms with Crippen LogP contribution in [0.2, 0.25) is 10.0 Å². The molecule has 12 heteroatoms. The van der Waals surface area contributed by atoms with Gasteiger partial charge in [0, 0.05) is 24.2 Å². The molecule has 1 aliphatic rings. The minimum atomic E-state index is -3.81. The summed E-state index contributed by atoms with van der Waals surface area (Å²) in [5, 5.41) is 0.443. The number of hydrogen-bond acceptors (Lipinski definition) is 7. The Kier molecular flexibility index (Phi) is 4.82. The third-order valence-corrected chi connectivity index (χ3v) is 7.39. The topological polar surface area (TPSA) is 133 Å². The Morgan fingerprint density at radius 1 is 1.21 bits per heavy atom. The van der Waals surface area contributed by atoms with E-state index in [2.05, 4.69) is 15.0 Å². The summed E-state index contributed by atoms with van der Waals surface area (Å²) in [6, 6.07) is 4.11. The lowest BCUT2D eigenvalue weighted by atomic mass is 10.2. The number of nitrogens with two attached hydrogens (primary N) is 2. The van der Waals surface area contributed by atoms with Crippen molar-refractivity contribution in [2.24, 2.45) is 0 Å². The van der Waals surface area contributed by atoms with E-state index in [0.717, 1.165) is 6.42 Å². The number of nitrogens with zero attached hydrogens (tertiary/aromatic N) is 5. The van der Waals surface area contributed by atoms with E-state index in [1.54, 1.807) is 17.0 Å². The van der Waals surface area contributed by atoms with Gasteiger partial charge < -0.3 is 16.0 Å². The standard InChI is InChI=1S/C16H17Cl2N7O2S/c17-9-3-4-11(18)12(6-9)28(26,27)25-5-1-2-10(25)7-24-8-21-13-14(19)22-16(20)23-15(13)24/h3-4,6,8,10H,1-2,5,7H2,(H4,19,20,22,23)/t10-/m0/s1. The number of fused-ring (bicyclic) bond motifs is 1. The Balaban J connectivity index is 1.69. The van der Waals surface area contributed by atoms with Gasteiger partial charge in [-0.1, -0.05) is 23.2 Å². The second-order valence-corrected chi connectivity index (χ2v) is 9.23. The lowest BCUT2D eigenvalue weighted by Gasteiger charge is -2.25. The van der Waals surface area contributed by atoms with Gasteiger partial charge >= 0.3 is 0 Å². The summed E-state index contributed by atoms with van der Waals surface area (Å²) in [6.07, 6.45) is 2.98. The van der Waals surface area contributed by atoms with E-state index in [1.807, 2.05) is 0 Å². The summed E-state index contributed by atoms with van der Waals surface area (Å²) in [6.45, 7) is 0.742. The van der Waals surface area contributed by atoms with E-state index in [0.29, 0.717) is 35.7 Å². The summed E-state index contributed by atoms with van der Waals surface area (Å²) in [5.41, 5.74) is 12.4. The van der Waals surface area contributed by atoms with Crippen molar-refractivity contribution in [3.05, 3.63) is 34.6 Å². The third-order valence-electron chi connectivity index (χ3n) is 4.72. The Hall–Kier alpha value is -2.14. The van der Waals surface area contributed by atoms with Gasteiger partial charge in [0.05, 0.1) is 11.3 Å². The van der Waals surface area contributed by atoms with Crippen LogP contribution in [0, 0.1) is 0 Å². The number of aromatic nitrogens is 4. The van der Waals surface area contributed by atoms with Gasteiger partial charge in [0.2, 0.25) is 16.0 Å². The molecule has 3 aromatic rings. The van der Waals surface area contributed by atoms with Crippen molar-refractivity contribution in [1.29, 1.82) is 0 Å². The fourth-order valence-electron chi connectivity index (χ4n) is 3.45. The summed E-state index contributed by atoms with van der Waals surface area (Å²) in [7, 11) is -3.81. The lowest BCUT2D eigenvalue weighted by Crippen LogP contribution is -2.38. The van der Waals surface area contributed by atoms with Gasteiger partial charge in [0.1, 0.15) is 10.4 Å². The molecule has 0 radical (unpaired) electrons. The van der Waals surface area contributed by atoms with Crippen molar-refractivity contribution in [3.63, 3.8) is 0 Å². The van der Waals surface area contributed by atoms with Gasteiger partial charge in [-0.15, -0.1) is 0 Å². The molecule has 0 spiro atoms. The van der Waals surface area contributed by atoms with Gasteiger partial charge in [0.25, 0.3) is 0 Å². The predicted octanol–water partition coefficient (Wildman–Crippen LogP) is 2.15. The maximum absolute atomic E-state index is 13.2. The number of imidazole rings is 1. The molecule has 4 N–H and O–H groups in total. The normalized spacial score (nSPS) is 18.1. The molecule has 0 unspecified atom stereocenters. The second-order valence-electron chi connectivity index (χ2n) is 6.52. The number of nitrogen functional groups attached to an aromatic ring is 2. The van der Waals surface area contributed by atoms with E-state index >= 15 is 0 Å². The fourth-order valence-corrected chi connectivity index (χ4v) is 5.88. The average Bonchev–Trinajstić information content (AvgIpc) is 3.25. The highest BCUT2D eigenvalue weighted by molar-refractivity contribution is 7.89. The monoisotopic (exact) mass is 441 g/mol. The molecular weight excluding hydrogens is 425 g/mol. The molecule has 0 saturated carbocycles. The Morgan fingerprint density at radius 2 is 2.00 bits per heavy atom. The van der Waals surface area contributed by atoms with E-state index in [9.17, 15) is 8.42 Å². The van der Waals surface area contributed by atoms with Crippen LogP contribution in [0.3, 0.4) is 0 Å². The van der Waals surface area contributed by atoms with E-state index < -0.39 is 10.0 Å². The number of halogens is 2. The zero-order chi connectivity index (χ0) is 20.1. The molecule has 28 heavy (non-hydrogen) atoms. The first-order chi connectivity index (χ1) is 13.3. The third kappa shape index (κ3) is 3.26. The molecule has 2 aromatic heterocycles. The van der Waals surface area contributed by atoms with Gasteiger partial charge in [0.15, 0.2) is 11.5 Å². The van der Waals surface area contributed by atoms with Crippen molar-refractivity contribution in [2.75, 3.05) is 18.0 Å². The molecule has 0 aliphatic carbocycles. The molecule has 0 amide bonds. The first-order valence-electron chi connectivity index (χ1n) is 8.48. The van der Waals surface area contributed by atoms with E-state index in [4.69, 9.17) is 34.7 Å². The molecule has 148 valence electrons. The Bertz CT molecular complexity index is 1170. The van der Waals surface area contributed by atoms with Crippen molar-refractivity contribution in [2.45, 2.75) is 30.3 Å². The highest BCUT2D eigenvalue weighted by Gasteiger charge is 2.37. The molecule has 1 saturated heterocycles. The van der Waals surface area contributed by atoms with Gasteiger partial charge in [-0.25, -0.2) is 13.4 Å². The summed E-state index contributed by atoms with van der Waals surface area (Å²) < 4.78 is 29.6. The zero-order valence-electron chi connectivity index (χ0n) is 14.6. The molecule has 1 aliphatic heterocycles. The van der Waals surface area contributed by atoms with Crippen LogP contribution in [0.5, 0.6) is 0 Å². The lowest BCUT2D eigenvalue weighted by molar-refractivity contribution is 0.354. The second kappa shape index (κ2) is 7.03. The molecule has 3 heterocycles. The highest BCUT2D eigenvalue weighted by atomic mass is 35.5. The highest BCUT2D eigenvalue weighted by Crippen LogP contribution is 2.33. The van der Waals surface area contributed by atoms with Gasteiger partial charge in [-0.2, -0.15) is 14.3 Å². The molecule has 0 bridgehead atoms. The summed E-state index contributed by atoms with van der Waals surface area (Å²) in [4.78, 5) is 12.3.